The normalized spacial score (nSPS) is 16.8. The molecule has 0 bridgehead atoms. The van der Waals surface area contributed by atoms with Crippen molar-refractivity contribution in [2.24, 2.45) is 0 Å². The van der Waals surface area contributed by atoms with Crippen LogP contribution in [0.1, 0.15) is 16.7 Å². The average Bonchev–Trinajstić information content (AvgIpc) is 2.54. The lowest BCUT2D eigenvalue weighted by atomic mass is 10.1. The van der Waals surface area contributed by atoms with Crippen LogP contribution in [-0.4, -0.2) is 36.0 Å². The molecule has 1 fully saturated rings. The van der Waals surface area contributed by atoms with E-state index in [0.29, 0.717) is 0 Å². The molecule has 2 aromatic carbocycles. The molecule has 2 aromatic rings. The predicted octanol–water partition coefficient (Wildman–Crippen LogP) is 3.97. The van der Waals surface area contributed by atoms with Crippen LogP contribution in [0.3, 0.4) is 0 Å². The summed E-state index contributed by atoms with van der Waals surface area (Å²) in [5.74, 6) is 0. The second-order valence-electron chi connectivity index (χ2n) is 6.07. The van der Waals surface area contributed by atoms with Gasteiger partial charge in [0, 0.05) is 44.3 Å². The fraction of sp³-hybridized carbons (Fsp3) is 0.368. The molecule has 3 rings (SSSR count). The molecular weight excluding hydrogens is 292 g/mol. The minimum Gasteiger partial charge on any atom is -0.297 e. The maximum absolute atomic E-state index is 6.26. The molecule has 0 unspecified atom stereocenters. The van der Waals surface area contributed by atoms with E-state index in [2.05, 4.69) is 53.1 Å². The first-order chi connectivity index (χ1) is 10.7. The monoisotopic (exact) mass is 314 g/mol. The zero-order valence-electron chi connectivity index (χ0n) is 13.1. The number of nitrogens with zero attached hydrogens (tertiary/aromatic N) is 2. The first kappa shape index (κ1) is 15.5. The molecule has 1 saturated heterocycles. The van der Waals surface area contributed by atoms with Crippen molar-refractivity contribution in [3.8, 4) is 0 Å². The third-order valence-corrected chi connectivity index (χ3v) is 4.84. The molecule has 1 aliphatic heterocycles. The zero-order chi connectivity index (χ0) is 15.4. The smallest absolute Gasteiger partial charge is 0.0451 e. The lowest BCUT2D eigenvalue weighted by Crippen LogP contribution is -2.45. The predicted molar refractivity (Wildman–Crippen MR) is 93.2 cm³/mol. The van der Waals surface area contributed by atoms with Crippen molar-refractivity contribution in [1.82, 2.24) is 9.80 Å². The Morgan fingerprint density at radius 3 is 1.86 bits per heavy atom. The first-order valence-electron chi connectivity index (χ1n) is 7.95. The third-order valence-electron chi connectivity index (χ3n) is 4.47. The average molecular weight is 315 g/mol. The molecule has 1 aliphatic rings. The highest BCUT2D eigenvalue weighted by Crippen LogP contribution is 2.18. The van der Waals surface area contributed by atoms with E-state index in [1.54, 1.807) is 0 Å². The van der Waals surface area contributed by atoms with Gasteiger partial charge >= 0.3 is 0 Å². The molecule has 0 amide bonds. The van der Waals surface area contributed by atoms with Gasteiger partial charge in [0.05, 0.1) is 0 Å². The minimum absolute atomic E-state index is 0.879. The Bertz CT molecular complexity index is 563. The van der Waals surface area contributed by atoms with E-state index < -0.39 is 0 Å². The largest absolute Gasteiger partial charge is 0.297 e. The summed E-state index contributed by atoms with van der Waals surface area (Å²) >= 11 is 6.26. The second-order valence-corrected chi connectivity index (χ2v) is 6.48. The summed E-state index contributed by atoms with van der Waals surface area (Å²) in [7, 11) is 0. The molecule has 0 radical (unpaired) electrons. The summed E-state index contributed by atoms with van der Waals surface area (Å²) in [6.07, 6.45) is 0. The molecule has 0 saturated carbocycles. The Morgan fingerprint density at radius 2 is 1.27 bits per heavy atom. The number of rotatable bonds is 4. The minimum atomic E-state index is 0.879. The van der Waals surface area contributed by atoms with E-state index in [1.807, 2.05) is 12.1 Å². The van der Waals surface area contributed by atoms with Crippen LogP contribution >= 0.6 is 11.6 Å². The van der Waals surface area contributed by atoms with Gasteiger partial charge in [-0.1, -0.05) is 54.1 Å². The molecule has 0 N–H and O–H groups in total. The van der Waals surface area contributed by atoms with Gasteiger partial charge in [0.25, 0.3) is 0 Å². The number of hydrogen-bond acceptors (Lipinski definition) is 2. The summed E-state index contributed by atoms with van der Waals surface area (Å²) < 4.78 is 0. The van der Waals surface area contributed by atoms with Gasteiger partial charge in [0.15, 0.2) is 0 Å². The number of benzene rings is 2. The van der Waals surface area contributed by atoms with Gasteiger partial charge in [-0.25, -0.2) is 0 Å². The van der Waals surface area contributed by atoms with Crippen LogP contribution in [0.4, 0.5) is 0 Å². The Kier molecular flexibility index (Phi) is 5.14. The van der Waals surface area contributed by atoms with Crippen molar-refractivity contribution in [2.45, 2.75) is 20.0 Å². The molecule has 0 aromatic heterocycles. The van der Waals surface area contributed by atoms with Crippen LogP contribution in [0.5, 0.6) is 0 Å². The highest BCUT2D eigenvalue weighted by atomic mass is 35.5. The highest BCUT2D eigenvalue weighted by molar-refractivity contribution is 6.31. The fourth-order valence-electron chi connectivity index (χ4n) is 3.00. The van der Waals surface area contributed by atoms with Gasteiger partial charge in [-0.3, -0.25) is 9.80 Å². The Morgan fingerprint density at radius 1 is 0.773 bits per heavy atom. The van der Waals surface area contributed by atoms with Gasteiger partial charge in [0.1, 0.15) is 0 Å². The Labute approximate surface area is 138 Å². The van der Waals surface area contributed by atoms with Crippen LogP contribution < -0.4 is 0 Å². The summed E-state index contributed by atoms with van der Waals surface area (Å²) in [6.45, 7) is 8.68. The Hall–Kier alpha value is -1.35. The summed E-state index contributed by atoms with van der Waals surface area (Å²) in [5, 5.41) is 0.879. The van der Waals surface area contributed by atoms with Crippen molar-refractivity contribution in [3.63, 3.8) is 0 Å². The summed E-state index contributed by atoms with van der Waals surface area (Å²) in [5.41, 5.74) is 4.07. The highest BCUT2D eigenvalue weighted by Gasteiger charge is 2.18. The van der Waals surface area contributed by atoms with Crippen molar-refractivity contribution in [1.29, 1.82) is 0 Å². The standard InChI is InChI=1S/C19H23ClN2/c1-16-6-2-3-7-17(16)14-21-10-12-22(13-11-21)15-18-8-4-5-9-19(18)20/h2-9H,10-15H2,1H3. The Balaban J connectivity index is 1.52. The zero-order valence-corrected chi connectivity index (χ0v) is 13.9. The molecule has 0 aliphatic carbocycles. The topological polar surface area (TPSA) is 6.48 Å². The molecule has 3 heteroatoms. The van der Waals surface area contributed by atoms with E-state index in [0.717, 1.165) is 44.3 Å². The van der Waals surface area contributed by atoms with E-state index in [4.69, 9.17) is 11.6 Å². The molecule has 0 spiro atoms. The summed E-state index contributed by atoms with van der Waals surface area (Å²) in [6, 6.07) is 16.8. The van der Waals surface area contributed by atoms with Crippen LogP contribution in [0.25, 0.3) is 0 Å². The van der Waals surface area contributed by atoms with Gasteiger partial charge in [0.2, 0.25) is 0 Å². The van der Waals surface area contributed by atoms with Crippen LogP contribution in [-0.2, 0) is 13.1 Å². The maximum atomic E-state index is 6.26. The van der Waals surface area contributed by atoms with E-state index in [1.165, 1.54) is 16.7 Å². The van der Waals surface area contributed by atoms with Gasteiger partial charge in [-0.2, -0.15) is 0 Å². The molecular formula is C19H23ClN2. The van der Waals surface area contributed by atoms with Crippen molar-refractivity contribution in [3.05, 3.63) is 70.2 Å². The molecule has 2 nitrogen and oxygen atoms in total. The van der Waals surface area contributed by atoms with Crippen LogP contribution in [0.15, 0.2) is 48.5 Å². The number of aryl methyl sites for hydroxylation is 1. The quantitative estimate of drug-likeness (QED) is 0.842. The maximum Gasteiger partial charge on any atom is 0.0451 e. The molecule has 116 valence electrons. The second kappa shape index (κ2) is 7.28. The first-order valence-corrected chi connectivity index (χ1v) is 8.33. The lowest BCUT2D eigenvalue weighted by molar-refractivity contribution is 0.122. The van der Waals surface area contributed by atoms with Gasteiger partial charge in [-0.15, -0.1) is 0 Å². The van der Waals surface area contributed by atoms with E-state index >= 15 is 0 Å². The van der Waals surface area contributed by atoms with Crippen LogP contribution in [0.2, 0.25) is 5.02 Å². The SMILES string of the molecule is Cc1ccccc1CN1CCN(Cc2ccccc2Cl)CC1. The van der Waals surface area contributed by atoms with Crippen molar-refractivity contribution < 1.29 is 0 Å². The summed E-state index contributed by atoms with van der Waals surface area (Å²) in [4.78, 5) is 5.04. The molecule has 1 heterocycles. The van der Waals surface area contributed by atoms with Crippen molar-refractivity contribution in [2.75, 3.05) is 26.2 Å². The van der Waals surface area contributed by atoms with Crippen LogP contribution in [0, 0.1) is 6.92 Å². The van der Waals surface area contributed by atoms with E-state index in [9.17, 15) is 0 Å². The molecule has 22 heavy (non-hydrogen) atoms. The van der Waals surface area contributed by atoms with E-state index in [-0.39, 0.29) is 0 Å². The van der Waals surface area contributed by atoms with Crippen molar-refractivity contribution >= 4 is 11.6 Å². The third kappa shape index (κ3) is 3.89. The van der Waals surface area contributed by atoms with Gasteiger partial charge in [-0.05, 0) is 29.7 Å². The number of halogens is 1. The molecule has 0 atom stereocenters. The fourth-order valence-corrected chi connectivity index (χ4v) is 3.20. The van der Waals surface area contributed by atoms with Gasteiger partial charge < -0.3 is 0 Å². The number of hydrogen-bond donors (Lipinski definition) is 0. The number of piperazine rings is 1. The lowest BCUT2D eigenvalue weighted by Gasteiger charge is -2.35.